The molecule has 0 aromatic heterocycles. The molecule has 4 N–H and O–H groups in total. The van der Waals surface area contributed by atoms with E-state index in [9.17, 15) is 15.3 Å². The van der Waals surface area contributed by atoms with Gasteiger partial charge in [0.15, 0.2) is 0 Å². The van der Waals surface area contributed by atoms with Crippen LogP contribution in [-0.4, -0.2) is 72.8 Å². The maximum Gasteiger partial charge on any atom is 0.100 e. The van der Waals surface area contributed by atoms with E-state index in [-0.39, 0.29) is 39.6 Å². The fourth-order valence-electron chi connectivity index (χ4n) is 3.78. The molecule has 0 fully saturated rings. The lowest BCUT2D eigenvalue weighted by molar-refractivity contribution is -0.0923. The number of unbranched alkanes of at least 4 members (excludes halogenated alkanes) is 15. The van der Waals surface area contributed by atoms with Gasteiger partial charge in [0, 0.05) is 6.61 Å². The van der Waals surface area contributed by atoms with E-state index in [0.29, 0.717) is 6.61 Å². The lowest BCUT2D eigenvalue weighted by Gasteiger charge is -2.29. The quantitative estimate of drug-likeness (QED) is 0.140. The first kappa shape index (κ1) is 31.8. The van der Waals surface area contributed by atoms with E-state index in [1.54, 1.807) is 0 Å². The first-order chi connectivity index (χ1) is 15.6. The topological polar surface area (TPSA) is 99.4 Å². The number of aliphatic hydroxyl groups is 4. The summed E-state index contributed by atoms with van der Waals surface area (Å²) < 4.78 is 11.0. The minimum atomic E-state index is -0.948. The highest BCUT2D eigenvalue weighted by atomic mass is 16.5. The summed E-state index contributed by atoms with van der Waals surface area (Å²) in [4.78, 5) is 0. The summed E-state index contributed by atoms with van der Waals surface area (Å²) in [5, 5.41) is 37.3. The number of hydrogen-bond donors (Lipinski definition) is 4. The number of rotatable bonds is 26. The summed E-state index contributed by atoms with van der Waals surface area (Å²) in [6.45, 7) is 2.27. The normalized spacial score (nSPS) is 13.0. The average molecular weight is 463 g/mol. The Morgan fingerprint density at radius 3 is 1.41 bits per heavy atom. The molecule has 0 aromatic rings. The number of hydrogen-bond acceptors (Lipinski definition) is 6. The summed E-state index contributed by atoms with van der Waals surface area (Å²) in [6, 6.07) is 0. The van der Waals surface area contributed by atoms with Crippen molar-refractivity contribution < 1.29 is 29.9 Å². The van der Waals surface area contributed by atoms with Crippen molar-refractivity contribution in [1.82, 2.24) is 0 Å². The van der Waals surface area contributed by atoms with Crippen LogP contribution in [0.2, 0.25) is 0 Å². The predicted octanol–water partition coefficient (Wildman–Crippen LogP) is 4.61. The van der Waals surface area contributed by atoms with Crippen LogP contribution in [-0.2, 0) is 9.47 Å². The van der Waals surface area contributed by atoms with E-state index >= 15 is 0 Å². The molecule has 0 amide bonds. The molecule has 0 aliphatic heterocycles. The zero-order valence-corrected chi connectivity index (χ0v) is 20.9. The molecule has 0 bridgehead atoms. The molecule has 6 heteroatoms. The van der Waals surface area contributed by atoms with Crippen molar-refractivity contribution >= 4 is 0 Å². The molecule has 32 heavy (non-hydrogen) atoms. The van der Waals surface area contributed by atoms with Crippen molar-refractivity contribution in [1.29, 1.82) is 0 Å². The third kappa shape index (κ3) is 19.2. The second-order valence-corrected chi connectivity index (χ2v) is 9.52. The second kappa shape index (κ2) is 23.9. The van der Waals surface area contributed by atoms with Crippen molar-refractivity contribution in [3.63, 3.8) is 0 Å². The van der Waals surface area contributed by atoms with E-state index in [4.69, 9.17) is 14.6 Å². The molecule has 1 unspecified atom stereocenters. The van der Waals surface area contributed by atoms with Gasteiger partial charge < -0.3 is 29.9 Å². The molecule has 0 heterocycles. The van der Waals surface area contributed by atoms with Crippen LogP contribution in [0.1, 0.15) is 110 Å². The van der Waals surface area contributed by atoms with Crippen LogP contribution in [0.4, 0.5) is 0 Å². The molecule has 0 aromatic carbocycles. The third-order valence-electron chi connectivity index (χ3n) is 6.15. The Hall–Kier alpha value is -0.240. The Balaban J connectivity index is 3.46. The molecule has 0 saturated heterocycles. The Morgan fingerprint density at radius 1 is 0.594 bits per heavy atom. The predicted molar refractivity (Wildman–Crippen MR) is 131 cm³/mol. The zero-order chi connectivity index (χ0) is 23.8. The van der Waals surface area contributed by atoms with Crippen molar-refractivity contribution in [2.45, 2.75) is 116 Å². The van der Waals surface area contributed by atoms with E-state index in [2.05, 4.69) is 6.92 Å². The van der Waals surface area contributed by atoms with E-state index in [1.165, 1.54) is 89.9 Å². The molecule has 0 aliphatic rings. The molecule has 1 atom stereocenters. The highest BCUT2D eigenvalue weighted by molar-refractivity contribution is 4.77. The highest BCUT2D eigenvalue weighted by Gasteiger charge is 2.30. The molecule has 6 nitrogen and oxygen atoms in total. The largest absolute Gasteiger partial charge is 0.396 e. The number of aliphatic hydroxyl groups excluding tert-OH is 4. The lowest BCUT2D eigenvalue weighted by Crippen LogP contribution is -2.40. The maximum atomic E-state index is 9.61. The maximum absolute atomic E-state index is 9.61. The molecule has 0 radical (unpaired) electrons. The second-order valence-electron chi connectivity index (χ2n) is 9.52. The number of ether oxygens (including phenoxy) is 2. The van der Waals surface area contributed by atoms with Gasteiger partial charge in [0.1, 0.15) is 6.10 Å². The molecule has 0 aliphatic carbocycles. The molecule has 194 valence electrons. The van der Waals surface area contributed by atoms with Crippen molar-refractivity contribution in [3.8, 4) is 0 Å². The Labute approximate surface area is 197 Å². The summed E-state index contributed by atoms with van der Waals surface area (Å²) in [5.74, 6) is 0. The van der Waals surface area contributed by atoms with Gasteiger partial charge in [0.25, 0.3) is 0 Å². The Kier molecular flexibility index (Phi) is 23.7. The lowest BCUT2D eigenvalue weighted by atomic mass is 9.92. The van der Waals surface area contributed by atoms with Gasteiger partial charge in [-0.05, 0) is 6.42 Å². The molecule has 0 spiro atoms. The Bertz CT molecular complexity index is 362. The van der Waals surface area contributed by atoms with Crippen molar-refractivity contribution in [2.75, 3.05) is 46.2 Å². The van der Waals surface area contributed by atoms with Gasteiger partial charge in [-0.15, -0.1) is 0 Å². The van der Waals surface area contributed by atoms with Crippen LogP contribution in [0.3, 0.4) is 0 Å². The van der Waals surface area contributed by atoms with E-state index in [1.807, 2.05) is 0 Å². The monoisotopic (exact) mass is 462 g/mol. The molecule has 0 saturated carbocycles. The van der Waals surface area contributed by atoms with Gasteiger partial charge in [0.05, 0.1) is 45.1 Å². The summed E-state index contributed by atoms with van der Waals surface area (Å²) in [6.07, 6.45) is 20.4. The van der Waals surface area contributed by atoms with Crippen LogP contribution >= 0.6 is 0 Å². The molecular weight excluding hydrogens is 408 g/mol. The van der Waals surface area contributed by atoms with Crippen molar-refractivity contribution in [3.05, 3.63) is 0 Å². The molecular formula is C26H54O6. The van der Waals surface area contributed by atoms with Gasteiger partial charge >= 0.3 is 0 Å². The first-order valence-corrected chi connectivity index (χ1v) is 13.3. The highest BCUT2D eigenvalue weighted by Crippen LogP contribution is 2.18. The van der Waals surface area contributed by atoms with Crippen LogP contribution in [0, 0.1) is 5.41 Å². The van der Waals surface area contributed by atoms with Crippen LogP contribution in [0.5, 0.6) is 0 Å². The SMILES string of the molecule is CCCCCCCCCCCCCCCCCCOCC(CO)(CO)COCC(O)CO. The minimum absolute atomic E-state index is 0.0304. The van der Waals surface area contributed by atoms with Gasteiger partial charge in [-0.3, -0.25) is 0 Å². The van der Waals surface area contributed by atoms with Crippen LogP contribution in [0.25, 0.3) is 0 Å². The smallest absolute Gasteiger partial charge is 0.100 e. The van der Waals surface area contributed by atoms with Gasteiger partial charge in [-0.25, -0.2) is 0 Å². The van der Waals surface area contributed by atoms with Gasteiger partial charge in [-0.2, -0.15) is 0 Å². The van der Waals surface area contributed by atoms with Gasteiger partial charge in [0.2, 0.25) is 0 Å². The van der Waals surface area contributed by atoms with Crippen molar-refractivity contribution in [2.24, 2.45) is 5.41 Å². The standard InChI is InChI=1S/C26H54O6/c1-2-3-4-5-6-7-8-9-10-11-12-13-14-15-16-17-18-31-23-26(21-28,22-29)24-32-20-25(30)19-27/h25,27-30H,2-24H2,1H3. The van der Waals surface area contributed by atoms with Crippen LogP contribution < -0.4 is 0 Å². The Morgan fingerprint density at radius 2 is 1.00 bits per heavy atom. The third-order valence-corrected chi connectivity index (χ3v) is 6.15. The zero-order valence-electron chi connectivity index (χ0n) is 20.9. The average Bonchev–Trinajstić information content (AvgIpc) is 2.82. The summed E-state index contributed by atoms with van der Waals surface area (Å²) in [5.41, 5.74) is -0.871. The van der Waals surface area contributed by atoms with Crippen LogP contribution in [0.15, 0.2) is 0 Å². The van der Waals surface area contributed by atoms with E-state index in [0.717, 1.165) is 12.8 Å². The fraction of sp³-hybridized carbons (Fsp3) is 1.00. The summed E-state index contributed by atoms with van der Waals surface area (Å²) >= 11 is 0. The molecule has 0 rings (SSSR count). The summed E-state index contributed by atoms with van der Waals surface area (Å²) in [7, 11) is 0. The van der Waals surface area contributed by atoms with E-state index < -0.39 is 11.5 Å². The fourth-order valence-corrected chi connectivity index (χ4v) is 3.78. The van der Waals surface area contributed by atoms with Gasteiger partial charge in [-0.1, -0.05) is 103 Å². The first-order valence-electron chi connectivity index (χ1n) is 13.3. The minimum Gasteiger partial charge on any atom is -0.396 e.